The molecule has 0 aromatic heterocycles. The molecule has 0 unspecified atom stereocenters. The molecule has 1 saturated heterocycles. The molecule has 0 amide bonds. The highest BCUT2D eigenvalue weighted by Gasteiger charge is 2.19. The van der Waals surface area contributed by atoms with Gasteiger partial charge in [-0.2, -0.15) is 0 Å². The molecule has 0 atom stereocenters. The minimum Gasteiger partial charge on any atom is -0.493 e. The van der Waals surface area contributed by atoms with E-state index in [4.69, 9.17) is 16.3 Å². The van der Waals surface area contributed by atoms with Crippen molar-refractivity contribution in [3.63, 3.8) is 0 Å². The molecule has 98 valence electrons. The first-order chi connectivity index (χ1) is 8.70. The van der Waals surface area contributed by atoms with Gasteiger partial charge in [0.05, 0.1) is 18.7 Å². The monoisotopic (exact) mass is 267 g/mol. The SMILES string of the molecule is CCOc1ccc(Cl)cc1C(=O)CN1CCCC1. The summed E-state index contributed by atoms with van der Waals surface area (Å²) in [6, 6.07) is 5.22. The summed E-state index contributed by atoms with van der Waals surface area (Å²) in [5.41, 5.74) is 0.594. The van der Waals surface area contributed by atoms with E-state index >= 15 is 0 Å². The Morgan fingerprint density at radius 1 is 1.39 bits per heavy atom. The van der Waals surface area contributed by atoms with Crippen molar-refractivity contribution in [2.45, 2.75) is 19.8 Å². The standard InChI is InChI=1S/C14H18ClNO2/c1-2-18-14-6-5-11(15)9-12(14)13(17)10-16-7-3-4-8-16/h5-6,9H,2-4,7-8,10H2,1H3. The average Bonchev–Trinajstić information content (AvgIpc) is 2.84. The van der Waals surface area contributed by atoms with Crippen molar-refractivity contribution in [1.29, 1.82) is 0 Å². The summed E-state index contributed by atoms with van der Waals surface area (Å²) >= 11 is 5.96. The third-order valence-corrected chi connectivity index (χ3v) is 3.34. The molecule has 1 aromatic rings. The van der Waals surface area contributed by atoms with Gasteiger partial charge in [-0.15, -0.1) is 0 Å². The fraction of sp³-hybridized carbons (Fsp3) is 0.500. The number of ketones is 1. The molecule has 0 N–H and O–H groups in total. The Morgan fingerprint density at radius 3 is 2.78 bits per heavy atom. The first kappa shape index (κ1) is 13.4. The van der Waals surface area contributed by atoms with Gasteiger partial charge in [0.1, 0.15) is 5.75 Å². The van der Waals surface area contributed by atoms with E-state index < -0.39 is 0 Å². The number of rotatable bonds is 5. The van der Waals surface area contributed by atoms with Gasteiger partial charge >= 0.3 is 0 Å². The predicted octanol–water partition coefficient (Wildman–Crippen LogP) is 3.02. The Bertz CT molecular complexity index is 428. The summed E-state index contributed by atoms with van der Waals surface area (Å²) in [7, 11) is 0. The minimum atomic E-state index is 0.0860. The fourth-order valence-corrected chi connectivity index (χ4v) is 2.40. The van der Waals surface area contributed by atoms with Crippen molar-refractivity contribution in [2.24, 2.45) is 0 Å². The third-order valence-electron chi connectivity index (χ3n) is 3.11. The van der Waals surface area contributed by atoms with Crippen LogP contribution in [0.5, 0.6) is 5.75 Å². The Morgan fingerprint density at radius 2 is 2.11 bits per heavy atom. The number of hydrogen-bond acceptors (Lipinski definition) is 3. The summed E-state index contributed by atoms with van der Waals surface area (Å²) < 4.78 is 5.48. The second-order valence-corrected chi connectivity index (χ2v) is 4.92. The molecule has 0 aliphatic carbocycles. The average molecular weight is 268 g/mol. The number of benzene rings is 1. The van der Waals surface area contributed by atoms with Crippen LogP contribution in [0.4, 0.5) is 0 Å². The van der Waals surface area contributed by atoms with Crippen LogP contribution in [0.15, 0.2) is 18.2 Å². The van der Waals surface area contributed by atoms with Crippen LogP contribution in [0.2, 0.25) is 5.02 Å². The fourth-order valence-electron chi connectivity index (χ4n) is 2.23. The van der Waals surface area contributed by atoms with Crippen molar-refractivity contribution < 1.29 is 9.53 Å². The van der Waals surface area contributed by atoms with E-state index in [1.807, 2.05) is 6.92 Å². The zero-order chi connectivity index (χ0) is 13.0. The molecule has 1 aliphatic rings. The number of nitrogens with zero attached hydrogens (tertiary/aromatic N) is 1. The summed E-state index contributed by atoms with van der Waals surface area (Å²) in [5.74, 6) is 0.717. The summed E-state index contributed by atoms with van der Waals surface area (Å²) in [6.07, 6.45) is 2.36. The zero-order valence-electron chi connectivity index (χ0n) is 10.6. The van der Waals surface area contributed by atoms with Gasteiger partial charge in [0, 0.05) is 5.02 Å². The van der Waals surface area contributed by atoms with Crippen LogP contribution < -0.4 is 4.74 Å². The highest BCUT2D eigenvalue weighted by molar-refractivity contribution is 6.31. The van der Waals surface area contributed by atoms with Gasteiger partial charge in [-0.1, -0.05) is 11.6 Å². The van der Waals surface area contributed by atoms with Crippen LogP contribution in [0.1, 0.15) is 30.1 Å². The lowest BCUT2D eigenvalue weighted by atomic mass is 10.1. The lowest BCUT2D eigenvalue weighted by Crippen LogP contribution is -2.27. The highest BCUT2D eigenvalue weighted by atomic mass is 35.5. The van der Waals surface area contributed by atoms with Crippen LogP contribution in [0.25, 0.3) is 0 Å². The van der Waals surface area contributed by atoms with E-state index in [1.54, 1.807) is 18.2 Å². The topological polar surface area (TPSA) is 29.5 Å². The lowest BCUT2D eigenvalue weighted by molar-refractivity contribution is 0.0941. The van der Waals surface area contributed by atoms with Crippen LogP contribution >= 0.6 is 11.6 Å². The second kappa shape index (κ2) is 6.21. The molecule has 2 rings (SSSR count). The van der Waals surface area contributed by atoms with Gasteiger partial charge in [0.25, 0.3) is 0 Å². The smallest absolute Gasteiger partial charge is 0.180 e. The molecule has 0 bridgehead atoms. The van der Waals surface area contributed by atoms with E-state index in [0.717, 1.165) is 13.1 Å². The number of ether oxygens (including phenoxy) is 1. The van der Waals surface area contributed by atoms with Crippen molar-refractivity contribution in [2.75, 3.05) is 26.2 Å². The van der Waals surface area contributed by atoms with E-state index in [-0.39, 0.29) is 5.78 Å². The molecule has 18 heavy (non-hydrogen) atoms. The maximum absolute atomic E-state index is 12.3. The number of carbonyl (C=O) groups excluding carboxylic acids is 1. The highest BCUT2D eigenvalue weighted by Crippen LogP contribution is 2.24. The van der Waals surface area contributed by atoms with Gasteiger partial charge in [-0.3, -0.25) is 9.69 Å². The lowest BCUT2D eigenvalue weighted by Gasteiger charge is -2.15. The first-order valence-electron chi connectivity index (χ1n) is 6.38. The molecule has 1 heterocycles. The van der Waals surface area contributed by atoms with E-state index in [0.29, 0.717) is 29.5 Å². The summed E-state index contributed by atoms with van der Waals surface area (Å²) in [6.45, 7) is 4.93. The molecule has 1 aromatic carbocycles. The number of likely N-dealkylation sites (tertiary alicyclic amines) is 1. The summed E-state index contributed by atoms with van der Waals surface area (Å²) in [4.78, 5) is 14.4. The van der Waals surface area contributed by atoms with Crippen LogP contribution in [-0.2, 0) is 0 Å². The normalized spacial score (nSPS) is 15.9. The van der Waals surface area contributed by atoms with Gasteiger partial charge < -0.3 is 4.74 Å². The molecule has 0 saturated carbocycles. The van der Waals surface area contributed by atoms with Crippen molar-refractivity contribution >= 4 is 17.4 Å². The first-order valence-corrected chi connectivity index (χ1v) is 6.76. The molecular formula is C14H18ClNO2. The molecule has 1 fully saturated rings. The van der Waals surface area contributed by atoms with Crippen LogP contribution in [0, 0.1) is 0 Å². The van der Waals surface area contributed by atoms with Crippen LogP contribution in [0.3, 0.4) is 0 Å². The number of Topliss-reactive ketones (excluding diaryl/α,β-unsaturated/α-hetero) is 1. The molecule has 0 radical (unpaired) electrons. The molecule has 4 heteroatoms. The molecule has 3 nitrogen and oxygen atoms in total. The number of hydrogen-bond donors (Lipinski definition) is 0. The van der Waals surface area contributed by atoms with E-state index in [9.17, 15) is 4.79 Å². The zero-order valence-corrected chi connectivity index (χ0v) is 11.4. The van der Waals surface area contributed by atoms with Gasteiger partial charge in [0.2, 0.25) is 0 Å². The maximum Gasteiger partial charge on any atom is 0.180 e. The van der Waals surface area contributed by atoms with Gasteiger partial charge in [-0.05, 0) is 51.1 Å². The van der Waals surface area contributed by atoms with Crippen molar-refractivity contribution in [1.82, 2.24) is 4.90 Å². The quantitative estimate of drug-likeness (QED) is 0.768. The number of carbonyl (C=O) groups is 1. The molecular weight excluding hydrogens is 250 g/mol. The minimum absolute atomic E-state index is 0.0860. The summed E-state index contributed by atoms with van der Waals surface area (Å²) in [5, 5.41) is 0.572. The Labute approximate surface area is 113 Å². The third kappa shape index (κ3) is 3.24. The van der Waals surface area contributed by atoms with Gasteiger partial charge in [0.15, 0.2) is 5.78 Å². The Balaban J connectivity index is 2.14. The van der Waals surface area contributed by atoms with Crippen molar-refractivity contribution in [3.05, 3.63) is 28.8 Å². The molecule has 0 spiro atoms. The second-order valence-electron chi connectivity index (χ2n) is 4.48. The van der Waals surface area contributed by atoms with Crippen molar-refractivity contribution in [3.8, 4) is 5.75 Å². The molecule has 1 aliphatic heterocycles. The van der Waals surface area contributed by atoms with Gasteiger partial charge in [-0.25, -0.2) is 0 Å². The largest absolute Gasteiger partial charge is 0.493 e. The Hall–Kier alpha value is -1.06. The maximum atomic E-state index is 12.3. The van der Waals surface area contributed by atoms with Crippen LogP contribution in [-0.4, -0.2) is 36.9 Å². The van der Waals surface area contributed by atoms with E-state index in [2.05, 4.69) is 4.90 Å². The number of halogens is 1. The predicted molar refractivity (Wildman–Crippen MR) is 72.6 cm³/mol. The Kier molecular flexibility index (Phi) is 4.61. The van der Waals surface area contributed by atoms with E-state index in [1.165, 1.54) is 12.8 Å².